The van der Waals surface area contributed by atoms with Crippen molar-refractivity contribution in [3.05, 3.63) is 16.5 Å². The molecule has 0 atom stereocenters. The highest BCUT2D eigenvalue weighted by molar-refractivity contribution is 6.31. The quantitative estimate of drug-likeness (QED) is 0.745. The Kier molecular flexibility index (Phi) is 3.46. The Labute approximate surface area is 91.3 Å². The van der Waals surface area contributed by atoms with Gasteiger partial charge in [0.15, 0.2) is 22.4 Å². The fraction of sp³-hybridized carbons (Fsp3) is 0.111. The van der Waals surface area contributed by atoms with Gasteiger partial charge in [-0.25, -0.2) is 9.97 Å². The number of rotatable bonds is 2. The van der Waals surface area contributed by atoms with Gasteiger partial charge in [-0.3, -0.25) is 0 Å². The molecule has 0 unspecified atom stereocenters. The largest absolute Gasteiger partial charge is 0.357 e. The molecule has 0 saturated carbocycles. The van der Waals surface area contributed by atoms with Crippen LogP contribution in [0.25, 0.3) is 0 Å². The molecular formula is C9H4ClN5. The Morgan fingerprint density at radius 3 is 2.40 bits per heavy atom. The number of aromatic nitrogens is 2. The van der Waals surface area contributed by atoms with E-state index in [0.29, 0.717) is 0 Å². The van der Waals surface area contributed by atoms with Crippen molar-refractivity contribution < 1.29 is 0 Å². The summed E-state index contributed by atoms with van der Waals surface area (Å²) in [5, 5.41) is 20.0. The standard InChI is InChI=1S/C9H4ClN5/c1-2-3-13-9-8(10)14-6(4-11)7(5-12)15-9/h1H,3H2,(H,13,15). The fourth-order valence-electron chi connectivity index (χ4n) is 0.818. The Hall–Kier alpha value is -2.29. The zero-order valence-corrected chi connectivity index (χ0v) is 8.21. The molecule has 0 radical (unpaired) electrons. The van der Waals surface area contributed by atoms with Gasteiger partial charge in [0.2, 0.25) is 0 Å². The van der Waals surface area contributed by atoms with E-state index < -0.39 is 0 Å². The zero-order chi connectivity index (χ0) is 11.3. The van der Waals surface area contributed by atoms with Gasteiger partial charge in [0, 0.05) is 0 Å². The lowest BCUT2D eigenvalue weighted by atomic mass is 10.3. The summed E-state index contributed by atoms with van der Waals surface area (Å²) in [6.07, 6.45) is 5.03. The maximum atomic E-state index is 8.68. The minimum absolute atomic E-state index is 0.0146. The van der Waals surface area contributed by atoms with E-state index in [1.807, 2.05) is 0 Å². The van der Waals surface area contributed by atoms with Crippen LogP contribution in [0.2, 0.25) is 5.15 Å². The van der Waals surface area contributed by atoms with E-state index in [4.69, 9.17) is 28.5 Å². The first-order chi connectivity index (χ1) is 7.22. The smallest absolute Gasteiger partial charge is 0.179 e. The number of hydrogen-bond donors (Lipinski definition) is 1. The van der Waals surface area contributed by atoms with Crippen LogP contribution in [0.1, 0.15) is 11.4 Å². The molecule has 6 heteroatoms. The molecule has 0 amide bonds. The van der Waals surface area contributed by atoms with E-state index in [0.717, 1.165) is 0 Å². The summed E-state index contributed by atoms with van der Waals surface area (Å²) < 4.78 is 0. The van der Waals surface area contributed by atoms with Crippen molar-refractivity contribution in [2.45, 2.75) is 0 Å². The Bertz CT molecular complexity index is 503. The summed E-state index contributed by atoms with van der Waals surface area (Å²) in [7, 11) is 0. The van der Waals surface area contributed by atoms with Crippen LogP contribution >= 0.6 is 11.6 Å². The van der Waals surface area contributed by atoms with E-state index in [-0.39, 0.29) is 28.9 Å². The van der Waals surface area contributed by atoms with Gasteiger partial charge in [-0.2, -0.15) is 10.5 Å². The average Bonchev–Trinajstić information content (AvgIpc) is 2.27. The van der Waals surface area contributed by atoms with Crippen molar-refractivity contribution in [3.63, 3.8) is 0 Å². The number of terminal acetylenes is 1. The van der Waals surface area contributed by atoms with Crippen molar-refractivity contribution in [2.24, 2.45) is 0 Å². The van der Waals surface area contributed by atoms with E-state index >= 15 is 0 Å². The summed E-state index contributed by atoms with van der Waals surface area (Å²) in [6, 6.07) is 3.47. The molecular weight excluding hydrogens is 214 g/mol. The lowest BCUT2D eigenvalue weighted by Gasteiger charge is -2.03. The van der Waals surface area contributed by atoms with Crippen LogP contribution in [-0.4, -0.2) is 16.5 Å². The lowest BCUT2D eigenvalue weighted by molar-refractivity contribution is 1.11. The van der Waals surface area contributed by atoms with Gasteiger partial charge in [0.05, 0.1) is 6.54 Å². The third kappa shape index (κ3) is 2.34. The summed E-state index contributed by atoms with van der Waals surface area (Å²) in [5.74, 6) is 2.52. The van der Waals surface area contributed by atoms with Gasteiger partial charge >= 0.3 is 0 Å². The molecule has 1 N–H and O–H groups in total. The summed E-state index contributed by atoms with van der Waals surface area (Å²) in [4.78, 5) is 7.52. The number of hydrogen-bond acceptors (Lipinski definition) is 5. The zero-order valence-electron chi connectivity index (χ0n) is 7.45. The van der Waals surface area contributed by atoms with Crippen LogP contribution in [-0.2, 0) is 0 Å². The molecule has 0 fully saturated rings. The van der Waals surface area contributed by atoms with Crippen LogP contribution < -0.4 is 5.32 Å². The second kappa shape index (κ2) is 4.81. The molecule has 5 nitrogen and oxygen atoms in total. The molecule has 0 aliphatic heterocycles. The number of nitriles is 2. The highest BCUT2D eigenvalue weighted by atomic mass is 35.5. The molecule has 0 saturated heterocycles. The van der Waals surface area contributed by atoms with Crippen LogP contribution in [0, 0.1) is 35.0 Å². The van der Waals surface area contributed by atoms with Crippen molar-refractivity contribution in [2.75, 3.05) is 11.9 Å². The topological polar surface area (TPSA) is 85.4 Å². The normalized spacial score (nSPS) is 8.40. The van der Waals surface area contributed by atoms with E-state index in [9.17, 15) is 0 Å². The van der Waals surface area contributed by atoms with Crippen LogP contribution in [0.3, 0.4) is 0 Å². The fourth-order valence-corrected chi connectivity index (χ4v) is 1.01. The molecule has 1 rings (SSSR count). The SMILES string of the molecule is C#CCNc1nc(C#N)c(C#N)nc1Cl. The molecule has 0 aliphatic carbocycles. The van der Waals surface area contributed by atoms with Gasteiger partial charge in [-0.1, -0.05) is 17.5 Å². The monoisotopic (exact) mass is 217 g/mol. The predicted molar refractivity (Wildman–Crippen MR) is 53.8 cm³/mol. The molecule has 0 aliphatic rings. The highest BCUT2D eigenvalue weighted by Crippen LogP contribution is 2.17. The van der Waals surface area contributed by atoms with Crippen molar-refractivity contribution in [3.8, 4) is 24.5 Å². The van der Waals surface area contributed by atoms with Crippen molar-refractivity contribution in [1.29, 1.82) is 10.5 Å². The first-order valence-corrected chi connectivity index (χ1v) is 4.15. The molecule has 15 heavy (non-hydrogen) atoms. The van der Waals surface area contributed by atoms with Crippen molar-refractivity contribution in [1.82, 2.24) is 9.97 Å². The number of nitrogens with zero attached hydrogens (tertiary/aromatic N) is 4. The minimum Gasteiger partial charge on any atom is -0.357 e. The molecule has 1 aromatic heterocycles. The van der Waals surface area contributed by atoms with Gasteiger partial charge in [-0.15, -0.1) is 6.42 Å². The van der Waals surface area contributed by atoms with Gasteiger partial charge in [0.25, 0.3) is 0 Å². The van der Waals surface area contributed by atoms with Gasteiger partial charge in [-0.05, 0) is 0 Å². The van der Waals surface area contributed by atoms with Crippen LogP contribution in [0.4, 0.5) is 5.82 Å². The number of anilines is 1. The molecule has 1 heterocycles. The maximum Gasteiger partial charge on any atom is 0.179 e. The first-order valence-electron chi connectivity index (χ1n) is 3.78. The number of nitrogens with one attached hydrogen (secondary N) is 1. The molecule has 1 aromatic rings. The second-order valence-corrected chi connectivity index (χ2v) is 2.70. The number of halogens is 1. The average molecular weight is 218 g/mol. The minimum atomic E-state index is -0.103. The van der Waals surface area contributed by atoms with Gasteiger partial charge in [0.1, 0.15) is 12.1 Å². The predicted octanol–water partition coefficient (Wildman–Crippen LogP) is 0.918. The van der Waals surface area contributed by atoms with E-state index in [2.05, 4.69) is 21.2 Å². The van der Waals surface area contributed by atoms with E-state index in [1.165, 1.54) is 0 Å². The third-order valence-electron chi connectivity index (χ3n) is 1.42. The molecule has 0 aromatic carbocycles. The summed E-state index contributed by atoms with van der Waals surface area (Å²) in [6.45, 7) is 0.213. The summed E-state index contributed by atoms with van der Waals surface area (Å²) >= 11 is 5.71. The summed E-state index contributed by atoms with van der Waals surface area (Å²) in [5.41, 5.74) is -0.185. The lowest BCUT2D eigenvalue weighted by Crippen LogP contribution is -2.05. The van der Waals surface area contributed by atoms with Gasteiger partial charge < -0.3 is 5.32 Å². The second-order valence-electron chi connectivity index (χ2n) is 2.34. The van der Waals surface area contributed by atoms with E-state index in [1.54, 1.807) is 12.1 Å². The highest BCUT2D eigenvalue weighted by Gasteiger charge is 2.10. The molecule has 0 spiro atoms. The van der Waals surface area contributed by atoms with Crippen LogP contribution in [0.5, 0.6) is 0 Å². The van der Waals surface area contributed by atoms with Crippen molar-refractivity contribution >= 4 is 17.4 Å². The Balaban J connectivity index is 3.18. The maximum absolute atomic E-state index is 8.68. The Morgan fingerprint density at radius 2 is 1.87 bits per heavy atom. The first kappa shape index (κ1) is 10.8. The molecule has 72 valence electrons. The molecule has 0 bridgehead atoms. The van der Waals surface area contributed by atoms with Crippen LogP contribution in [0.15, 0.2) is 0 Å². The Morgan fingerprint density at radius 1 is 1.27 bits per heavy atom. The third-order valence-corrected chi connectivity index (χ3v) is 1.69.